The summed E-state index contributed by atoms with van der Waals surface area (Å²) in [6, 6.07) is 1.96. The van der Waals surface area contributed by atoms with Crippen LogP contribution in [0.1, 0.15) is 31.6 Å². The Hall–Kier alpha value is -1.44. The summed E-state index contributed by atoms with van der Waals surface area (Å²) in [5.74, 6) is 2.07. The van der Waals surface area contributed by atoms with Crippen LogP contribution in [0.25, 0.3) is 11.4 Å². The SMILES string of the molecule is CNCCC1CCN(C(=O)CCc2nc(-c3ccsc3)no2)CC1.Cl. The molecule has 0 spiro atoms. The summed E-state index contributed by atoms with van der Waals surface area (Å²) in [5, 5.41) is 11.1. The molecule has 138 valence electrons. The van der Waals surface area contributed by atoms with Crippen molar-refractivity contribution in [3.63, 3.8) is 0 Å². The van der Waals surface area contributed by atoms with Crippen LogP contribution in [0.4, 0.5) is 0 Å². The van der Waals surface area contributed by atoms with Crippen LogP contribution in [0.15, 0.2) is 21.3 Å². The number of amides is 1. The summed E-state index contributed by atoms with van der Waals surface area (Å²) in [5.41, 5.74) is 0.963. The minimum absolute atomic E-state index is 0. The van der Waals surface area contributed by atoms with E-state index in [9.17, 15) is 4.79 Å². The van der Waals surface area contributed by atoms with Gasteiger partial charge in [0.2, 0.25) is 17.6 Å². The third-order valence-corrected chi connectivity index (χ3v) is 5.25. The zero-order chi connectivity index (χ0) is 16.8. The maximum absolute atomic E-state index is 12.4. The fourth-order valence-corrected chi connectivity index (χ4v) is 3.69. The van der Waals surface area contributed by atoms with Crippen molar-refractivity contribution >= 4 is 29.7 Å². The fraction of sp³-hybridized carbons (Fsp3) is 0.588. The van der Waals surface area contributed by atoms with Crippen LogP contribution in [0.5, 0.6) is 0 Å². The molecule has 0 radical (unpaired) electrons. The van der Waals surface area contributed by atoms with Gasteiger partial charge in [-0.15, -0.1) is 12.4 Å². The number of piperidine rings is 1. The molecule has 8 heteroatoms. The highest BCUT2D eigenvalue weighted by molar-refractivity contribution is 7.08. The maximum atomic E-state index is 12.4. The minimum Gasteiger partial charge on any atom is -0.343 e. The van der Waals surface area contributed by atoms with Crippen molar-refractivity contribution in [1.82, 2.24) is 20.4 Å². The Morgan fingerprint density at radius 2 is 2.24 bits per heavy atom. The molecule has 0 aromatic carbocycles. The van der Waals surface area contributed by atoms with Crippen LogP contribution in [0.3, 0.4) is 0 Å². The highest BCUT2D eigenvalue weighted by atomic mass is 35.5. The Morgan fingerprint density at radius 1 is 1.44 bits per heavy atom. The molecule has 1 N–H and O–H groups in total. The number of nitrogens with zero attached hydrogens (tertiary/aromatic N) is 3. The molecule has 0 saturated carbocycles. The van der Waals surface area contributed by atoms with Gasteiger partial charge in [0.05, 0.1) is 0 Å². The van der Waals surface area contributed by atoms with Gasteiger partial charge in [-0.1, -0.05) is 5.16 Å². The number of likely N-dealkylation sites (tertiary alicyclic amines) is 1. The number of thiophene rings is 1. The van der Waals surface area contributed by atoms with E-state index in [-0.39, 0.29) is 18.3 Å². The summed E-state index contributed by atoms with van der Waals surface area (Å²) in [6.45, 7) is 2.80. The summed E-state index contributed by atoms with van der Waals surface area (Å²) < 4.78 is 5.25. The number of nitrogens with one attached hydrogen (secondary N) is 1. The van der Waals surface area contributed by atoms with Crippen molar-refractivity contribution in [3.05, 3.63) is 22.7 Å². The molecule has 1 aliphatic rings. The number of hydrogen-bond acceptors (Lipinski definition) is 6. The first-order valence-electron chi connectivity index (χ1n) is 8.54. The number of hydrogen-bond donors (Lipinski definition) is 1. The van der Waals surface area contributed by atoms with Gasteiger partial charge in [0.15, 0.2) is 0 Å². The van der Waals surface area contributed by atoms with Crippen molar-refractivity contribution in [2.75, 3.05) is 26.7 Å². The molecule has 0 bridgehead atoms. The van der Waals surface area contributed by atoms with Gasteiger partial charge in [0.25, 0.3) is 0 Å². The zero-order valence-corrected chi connectivity index (χ0v) is 16.1. The number of aryl methyl sites for hydroxylation is 1. The lowest BCUT2D eigenvalue weighted by Crippen LogP contribution is -2.39. The molecular formula is C17H25ClN4O2S. The van der Waals surface area contributed by atoms with Crippen LogP contribution in [-0.4, -0.2) is 47.6 Å². The second-order valence-corrected chi connectivity index (χ2v) is 7.02. The van der Waals surface area contributed by atoms with Crippen molar-refractivity contribution < 1.29 is 9.32 Å². The molecule has 3 rings (SSSR count). The summed E-state index contributed by atoms with van der Waals surface area (Å²) >= 11 is 1.60. The first-order valence-corrected chi connectivity index (χ1v) is 9.48. The molecule has 25 heavy (non-hydrogen) atoms. The van der Waals surface area contributed by atoms with Crippen molar-refractivity contribution in [2.45, 2.75) is 32.1 Å². The third-order valence-electron chi connectivity index (χ3n) is 4.57. The molecule has 1 aliphatic heterocycles. The number of carbonyl (C=O) groups is 1. The summed E-state index contributed by atoms with van der Waals surface area (Å²) in [4.78, 5) is 18.7. The van der Waals surface area contributed by atoms with Crippen LogP contribution in [0.2, 0.25) is 0 Å². The fourth-order valence-electron chi connectivity index (χ4n) is 3.06. The normalized spacial score (nSPS) is 15.2. The average Bonchev–Trinajstić information content (AvgIpc) is 3.29. The molecule has 0 aliphatic carbocycles. The Balaban J connectivity index is 0.00000225. The lowest BCUT2D eigenvalue weighted by atomic mass is 9.93. The van der Waals surface area contributed by atoms with E-state index in [1.807, 2.05) is 28.8 Å². The van der Waals surface area contributed by atoms with E-state index < -0.39 is 0 Å². The van der Waals surface area contributed by atoms with Gasteiger partial charge in [-0.2, -0.15) is 16.3 Å². The van der Waals surface area contributed by atoms with Crippen LogP contribution < -0.4 is 5.32 Å². The summed E-state index contributed by atoms with van der Waals surface area (Å²) in [6.07, 6.45) is 4.36. The first-order chi connectivity index (χ1) is 11.8. The van der Waals surface area contributed by atoms with Crippen molar-refractivity contribution in [2.24, 2.45) is 5.92 Å². The molecule has 6 nitrogen and oxygen atoms in total. The van der Waals surface area contributed by atoms with E-state index in [1.165, 1.54) is 6.42 Å². The molecule has 1 fully saturated rings. The third kappa shape index (κ3) is 5.52. The number of rotatable bonds is 7. The van der Waals surface area contributed by atoms with Gasteiger partial charge in [-0.05, 0) is 50.2 Å². The zero-order valence-electron chi connectivity index (χ0n) is 14.4. The Kier molecular flexibility index (Phi) is 7.87. The number of halogens is 1. The van der Waals surface area contributed by atoms with Gasteiger partial charge in [0.1, 0.15) is 0 Å². The Morgan fingerprint density at radius 3 is 2.92 bits per heavy atom. The van der Waals surface area contributed by atoms with E-state index in [1.54, 1.807) is 11.3 Å². The molecule has 0 unspecified atom stereocenters. The van der Waals surface area contributed by atoms with Gasteiger partial charge >= 0.3 is 0 Å². The molecule has 2 aromatic heterocycles. The van der Waals surface area contributed by atoms with Gasteiger partial charge in [-0.3, -0.25) is 4.79 Å². The lowest BCUT2D eigenvalue weighted by Gasteiger charge is -2.32. The standard InChI is InChI=1S/C17H24N4O2S.ClH/c1-18-8-4-13-5-9-21(10-6-13)16(22)3-2-15-19-17(20-23-15)14-7-11-24-12-14;/h7,11-13,18H,2-6,8-10H2,1H3;1H. The van der Waals surface area contributed by atoms with E-state index in [4.69, 9.17) is 4.52 Å². The molecule has 0 atom stereocenters. The largest absolute Gasteiger partial charge is 0.343 e. The maximum Gasteiger partial charge on any atom is 0.227 e. The molecule has 1 saturated heterocycles. The van der Waals surface area contributed by atoms with Crippen LogP contribution in [0, 0.1) is 5.92 Å². The number of aromatic nitrogens is 2. The predicted octanol–water partition coefficient (Wildman–Crippen LogP) is 3.00. The number of carbonyl (C=O) groups excluding carboxylic acids is 1. The van der Waals surface area contributed by atoms with E-state index in [0.29, 0.717) is 24.6 Å². The summed E-state index contributed by atoms with van der Waals surface area (Å²) in [7, 11) is 1.99. The van der Waals surface area contributed by atoms with Crippen molar-refractivity contribution in [3.8, 4) is 11.4 Å². The van der Waals surface area contributed by atoms with Gasteiger partial charge in [-0.25, -0.2) is 0 Å². The van der Waals surface area contributed by atoms with Crippen LogP contribution >= 0.6 is 23.7 Å². The Labute approximate surface area is 158 Å². The van der Waals surface area contributed by atoms with E-state index in [0.717, 1.165) is 44.0 Å². The van der Waals surface area contributed by atoms with Gasteiger partial charge < -0.3 is 14.7 Å². The molecular weight excluding hydrogens is 360 g/mol. The Bertz CT molecular complexity index is 639. The molecule has 1 amide bonds. The van der Waals surface area contributed by atoms with Crippen molar-refractivity contribution in [1.29, 1.82) is 0 Å². The predicted molar refractivity (Wildman–Crippen MR) is 101 cm³/mol. The second kappa shape index (κ2) is 9.89. The van der Waals surface area contributed by atoms with E-state index >= 15 is 0 Å². The topological polar surface area (TPSA) is 71.3 Å². The highest BCUT2D eigenvalue weighted by Gasteiger charge is 2.22. The highest BCUT2D eigenvalue weighted by Crippen LogP contribution is 2.21. The molecule has 3 heterocycles. The smallest absolute Gasteiger partial charge is 0.227 e. The second-order valence-electron chi connectivity index (χ2n) is 6.24. The van der Waals surface area contributed by atoms with Crippen LogP contribution in [-0.2, 0) is 11.2 Å². The van der Waals surface area contributed by atoms with Gasteiger partial charge in [0, 0.05) is 36.9 Å². The quantitative estimate of drug-likeness (QED) is 0.794. The monoisotopic (exact) mass is 384 g/mol. The first kappa shape index (κ1) is 19.9. The molecule has 2 aromatic rings. The lowest BCUT2D eigenvalue weighted by molar-refractivity contribution is -0.132. The minimum atomic E-state index is 0. The van der Waals surface area contributed by atoms with E-state index in [2.05, 4.69) is 15.5 Å². The average molecular weight is 385 g/mol.